The van der Waals surface area contributed by atoms with Crippen LogP contribution < -0.4 is 10.1 Å². The number of ether oxygens (including phenoxy) is 3. The normalized spacial score (nSPS) is 16.6. The number of hydrogen-bond acceptors (Lipinski definition) is 6. The average molecular weight is 321 g/mol. The van der Waals surface area contributed by atoms with Crippen molar-refractivity contribution in [3.05, 3.63) is 29.8 Å². The standard InChI is InChI=1S/C16H19NO6/c18-9-12-4-1-2-6-14(12)22-11-16(20)23-10-15(19)17-8-13-5-3-7-21-13/h1-2,4,6,9,13H,3,5,7-8,10-11H2,(H,17,19)/t13-/m0/s1. The summed E-state index contributed by atoms with van der Waals surface area (Å²) in [4.78, 5) is 33.9. The van der Waals surface area contributed by atoms with Crippen molar-refractivity contribution >= 4 is 18.2 Å². The highest BCUT2D eigenvalue weighted by Crippen LogP contribution is 2.15. The lowest BCUT2D eigenvalue weighted by Gasteiger charge is -2.11. The van der Waals surface area contributed by atoms with Crippen molar-refractivity contribution in [2.45, 2.75) is 18.9 Å². The Morgan fingerprint density at radius 3 is 2.87 bits per heavy atom. The lowest BCUT2D eigenvalue weighted by Crippen LogP contribution is -2.35. The topological polar surface area (TPSA) is 90.9 Å². The monoisotopic (exact) mass is 321 g/mol. The number of aldehydes is 1. The minimum absolute atomic E-state index is 0.0397. The van der Waals surface area contributed by atoms with Crippen molar-refractivity contribution < 1.29 is 28.6 Å². The van der Waals surface area contributed by atoms with Crippen LogP contribution in [-0.2, 0) is 19.1 Å². The first-order chi connectivity index (χ1) is 11.2. The Bertz CT molecular complexity index is 553. The molecule has 1 aliphatic heterocycles. The molecule has 0 unspecified atom stereocenters. The summed E-state index contributed by atoms with van der Waals surface area (Å²) in [5.41, 5.74) is 0.342. The summed E-state index contributed by atoms with van der Waals surface area (Å²) in [6.45, 7) is 0.392. The van der Waals surface area contributed by atoms with Crippen molar-refractivity contribution in [3.63, 3.8) is 0 Å². The number of hydrogen-bond donors (Lipinski definition) is 1. The second-order valence-corrected chi connectivity index (χ2v) is 5.04. The minimum Gasteiger partial charge on any atom is -0.481 e. The van der Waals surface area contributed by atoms with Gasteiger partial charge in [0.1, 0.15) is 5.75 Å². The van der Waals surface area contributed by atoms with Gasteiger partial charge in [-0.25, -0.2) is 4.79 Å². The van der Waals surface area contributed by atoms with Crippen LogP contribution in [0.3, 0.4) is 0 Å². The molecule has 1 atom stereocenters. The Morgan fingerprint density at radius 2 is 2.13 bits per heavy atom. The van der Waals surface area contributed by atoms with Crippen LogP contribution in [0.25, 0.3) is 0 Å². The molecule has 2 rings (SSSR count). The first kappa shape index (κ1) is 17.0. The lowest BCUT2D eigenvalue weighted by atomic mass is 10.2. The van der Waals surface area contributed by atoms with Gasteiger partial charge in [-0.15, -0.1) is 0 Å². The van der Waals surface area contributed by atoms with E-state index < -0.39 is 5.97 Å². The SMILES string of the molecule is O=Cc1ccccc1OCC(=O)OCC(=O)NC[C@@H]1CCCO1. The molecular weight excluding hydrogens is 302 g/mol. The molecule has 1 N–H and O–H groups in total. The van der Waals surface area contributed by atoms with E-state index in [4.69, 9.17) is 14.2 Å². The Kier molecular flexibility index (Phi) is 6.56. The van der Waals surface area contributed by atoms with E-state index in [1.807, 2.05) is 0 Å². The molecule has 1 aliphatic rings. The summed E-state index contributed by atoms with van der Waals surface area (Å²) in [5, 5.41) is 2.64. The summed E-state index contributed by atoms with van der Waals surface area (Å²) in [7, 11) is 0. The van der Waals surface area contributed by atoms with Gasteiger partial charge < -0.3 is 19.5 Å². The average Bonchev–Trinajstić information content (AvgIpc) is 3.10. The van der Waals surface area contributed by atoms with Crippen molar-refractivity contribution in [3.8, 4) is 5.75 Å². The number of para-hydroxylation sites is 1. The highest BCUT2D eigenvalue weighted by molar-refractivity contribution is 5.81. The minimum atomic E-state index is -0.682. The molecule has 0 saturated carbocycles. The third-order valence-electron chi connectivity index (χ3n) is 3.31. The second kappa shape index (κ2) is 8.89. The number of nitrogens with one attached hydrogen (secondary N) is 1. The van der Waals surface area contributed by atoms with Gasteiger partial charge in [0.25, 0.3) is 5.91 Å². The third kappa shape index (κ3) is 5.71. The Hall–Kier alpha value is -2.41. The van der Waals surface area contributed by atoms with E-state index in [0.717, 1.165) is 19.4 Å². The summed E-state index contributed by atoms with van der Waals surface area (Å²) in [6.07, 6.45) is 2.59. The number of benzene rings is 1. The summed E-state index contributed by atoms with van der Waals surface area (Å²) in [6, 6.07) is 6.52. The van der Waals surface area contributed by atoms with Crippen molar-refractivity contribution in [2.75, 3.05) is 26.4 Å². The van der Waals surface area contributed by atoms with Crippen LogP contribution in [0.4, 0.5) is 0 Å². The van der Waals surface area contributed by atoms with Crippen LogP contribution in [0.5, 0.6) is 5.75 Å². The zero-order chi connectivity index (χ0) is 16.5. The molecule has 0 spiro atoms. The third-order valence-corrected chi connectivity index (χ3v) is 3.31. The number of carbonyl (C=O) groups is 3. The molecule has 124 valence electrons. The van der Waals surface area contributed by atoms with Gasteiger partial charge in [0, 0.05) is 13.2 Å². The first-order valence-corrected chi connectivity index (χ1v) is 7.40. The van der Waals surface area contributed by atoms with Crippen LogP contribution in [0.1, 0.15) is 23.2 Å². The molecule has 7 heteroatoms. The van der Waals surface area contributed by atoms with Crippen LogP contribution >= 0.6 is 0 Å². The molecule has 0 bridgehead atoms. The van der Waals surface area contributed by atoms with Crippen LogP contribution in [0, 0.1) is 0 Å². The molecule has 1 aromatic rings. The molecule has 1 aromatic carbocycles. The van der Waals surface area contributed by atoms with Gasteiger partial charge in [-0.3, -0.25) is 9.59 Å². The molecule has 23 heavy (non-hydrogen) atoms. The fourth-order valence-electron chi connectivity index (χ4n) is 2.12. The fraction of sp³-hybridized carbons (Fsp3) is 0.438. The maximum atomic E-state index is 11.5. The van der Waals surface area contributed by atoms with Crippen molar-refractivity contribution in [2.24, 2.45) is 0 Å². The van der Waals surface area contributed by atoms with E-state index in [0.29, 0.717) is 24.1 Å². The van der Waals surface area contributed by atoms with Gasteiger partial charge >= 0.3 is 5.97 Å². The van der Waals surface area contributed by atoms with E-state index in [1.165, 1.54) is 0 Å². The fourth-order valence-corrected chi connectivity index (χ4v) is 2.12. The number of esters is 1. The van der Waals surface area contributed by atoms with Crippen LogP contribution in [-0.4, -0.2) is 50.6 Å². The summed E-state index contributed by atoms with van der Waals surface area (Å²) in [5.74, 6) is -0.776. The maximum absolute atomic E-state index is 11.5. The van der Waals surface area contributed by atoms with E-state index in [-0.39, 0.29) is 25.2 Å². The van der Waals surface area contributed by atoms with E-state index in [1.54, 1.807) is 24.3 Å². The second-order valence-electron chi connectivity index (χ2n) is 5.04. The van der Waals surface area contributed by atoms with Gasteiger partial charge in [0.05, 0.1) is 11.7 Å². The molecule has 0 aromatic heterocycles. The number of amides is 1. The van der Waals surface area contributed by atoms with Gasteiger partial charge in [0.15, 0.2) is 19.5 Å². The maximum Gasteiger partial charge on any atom is 0.344 e. The van der Waals surface area contributed by atoms with Gasteiger partial charge in [-0.1, -0.05) is 12.1 Å². The summed E-state index contributed by atoms with van der Waals surface area (Å²) < 4.78 is 15.4. The van der Waals surface area contributed by atoms with Crippen LogP contribution in [0.2, 0.25) is 0 Å². The molecule has 1 fully saturated rings. The molecule has 0 aliphatic carbocycles. The van der Waals surface area contributed by atoms with Gasteiger partial charge in [-0.2, -0.15) is 0 Å². The molecular formula is C16H19NO6. The predicted molar refractivity (Wildman–Crippen MR) is 80.3 cm³/mol. The summed E-state index contributed by atoms with van der Waals surface area (Å²) >= 11 is 0. The van der Waals surface area contributed by atoms with Crippen molar-refractivity contribution in [1.82, 2.24) is 5.32 Å². The Morgan fingerprint density at radius 1 is 1.30 bits per heavy atom. The van der Waals surface area contributed by atoms with Gasteiger partial charge in [0.2, 0.25) is 0 Å². The highest BCUT2D eigenvalue weighted by atomic mass is 16.6. The number of carbonyl (C=O) groups excluding carboxylic acids is 3. The largest absolute Gasteiger partial charge is 0.481 e. The van der Waals surface area contributed by atoms with E-state index in [9.17, 15) is 14.4 Å². The highest BCUT2D eigenvalue weighted by Gasteiger charge is 2.16. The number of rotatable bonds is 8. The van der Waals surface area contributed by atoms with Crippen molar-refractivity contribution in [1.29, 1.82) is 0 Å². The van der Waals surface area contributed by atoms with E-state index in [2.05, 4.69) is 5.32 Å². The first-order valence-electron chi connectivity index (χ1n) is 7.40. The molecule has 1 saturated heterocycles. The predicted octanol–water partition coefficient (Wildman–Crippen LogP) is 0.716. The van der Waals surface area contributed by atoms with E-state index >= 15 is 0 Å². The van der Waals surface area contributed by atoms with Crippen LogP contribution in [0.15, 0.2) is 24.3 Å². The lowest BCUT2D eigenvalue weighted by molar-refractivity contribution is -0.150. The molecule has 7 nitrogen and oxygen atoms in total. The molecule has 1 heterocycles. The molecule has 1 amide bonds. The Labute approximate surface area is 133 Å². The zero-order valence-corrected chi connectivity index (χ0v) is 12.7. The van der Waals surface area contributed by atoms with Gasteiger partial charge in [-0.05, 0) is 25.0 Å². The zero-order valence-electron chi connectivity index (χ0n) is 12.7. The molecule has 0 radical (unpaired) electrons. The smallest absolute Gasteiger partial charge is 0.344 e. The Balaban J connectivity index is 1.64. The quantitative estimate of drug-likeness (QED) is 0.560.